The average Bonchev–Trinajstić information content (AvgIpc) is 3.02. The molecule has 8 nitrogen and oxygen atoms in total. The van der Waals surface area contributed by atoms with Gasteiger partial charge in [0.15, 0.2) is 0 Å². The minimum absolute atomic E-state index is 0.0485. The lowest BCUT2D eigenvalue weighted by molar-refractivity contribution is -0.385. The Balaban J connectivity index is 1.81. The maximum Gasteiger partial charge on any atom is 0.278 e. The number of nitro groups is 1. The molecule has 0 unspecified atom stereocenters. The molecule has 1 heterocycles. The first-order valence-electron chi connectivity index (χ1n) is 7.47. The minimum Gasteiger partial charge on any atom is -0.331 e. The summed E-state index contributed by atoms with van der Waals surface area (Å²) < 4.78 is 3.81. The third-order valence-electron chi connectivity index (χ3n) is 3.40. The normalized spacial score (nSPS) is 10.9. The molecule has 3 aromatic rings. The maximum absolute atomic E-state index is 11.1. The van der Waals surface area contributed by atoms with Gasteiger partial charge in [0.2, 0.25) is 9.88 Å². The lowest BCUT2D eigenvalue weighted by Crippen LogP contribution is -2.20. The van der Waals surface area contributed by atoms with Gasteiger partial charge in [0, 0.05) is 16.2 Å². The molecule has 1 aromatic heterocycles. The number of hydrogen-bond donors (Lipinski definition) is 1. The molecule has 136 valence electrons. The predicted octanol–water partition coefficient (Wildman–Crippen LogP) is 4.21. The van der Waals surface area contributed by atoms with Crippen molar-refractivity contribution in [1.82, 2.24) is 14.5 Å². The molecule has 0 saturated heterocycles. The number of benzene rings is 2. The van der Waals surface area contributed by atoms with Gasteiger partial charge in [-0.25, -0.2) is 0 Å². The molecule has 0 aliphatic carbocycles. The number of nitrogens with zero attached hydrogens (tertiary/aromatic N) is 5. The Labute approximate surface area is 172 Å². The van der Waals surface area contributed by atoms with Gasteiger partial charge in [-0.2, -0.15) is 19.6 Å². The van der Waals surface area contributed by atoms with Crippen molar-refractivity contribution in [3.63, 3.8) is 0 Å². The molecular weight excluding hydrogens is 452 g/mol. The van der Waals surface area contributed by atoms with E-state index in [0.717, 1.165) is 10.2 Å². The second-order valence-electron chi connectivity index (χ2n) is 5.17. The van der Waals surface area contributed by atoms with Crippen LogP contribution in [0.25, 0.3) is 0 Å². The van der Waals surface area contributed by atoms with Crippen molar-refractivity contribution in [2.24, 2.45) is 5.10 Å². The van der Waals surface area contributed by atoms with E-state index in [0.29, 0.717) is 5.56 Å². The van der Waals surface area contributed by atoms with Crippen LogP contribution < -0.4 is 5.32 Å². The summed E-state index contributed by atoms with van der Waals surface area (Å²) in [5.74, 6) is 0. The zero-order valence-electron chi connectivity index (χ0n) is 13.5. The van der Waals surface area contributed by atoms with E-state index < -0.39 is 4.92 Å². The molecule has 0 aliphatic rings. The van der Waals surface area contributed by atoms with E-state index in [9.17, 15) is 10.1 Å². The summed E-state index contributed by atoms with van der Waals surface area (Å²) in [5, 5.41) is 22.6. The van der Waals surface area contributed by atoms with E-state index >= 15 is 0 Å². The standard InChI is InChI=1S/C16H11BrN6O2S2/c17-12-5-7-13(8-6-12)20-15(26)22-16(27)21(10-19-22)18-9-11-3-1-2-4-14(11)23(24)25/h1-10H,(H,20,26). The molecule has 0 amide bonds. The van der Waals surface area contributed by atoms with E-state index in [1.165, 1.54) is 28.0 Å². The number of nitrogens with one attached hydrogen (secondary N) is 1. The third kappa shape index (κ3) is 4.51. The first-order valence-corrected chi connectivity index (χ1v) is 9.08. The van der Waals surface area contributed by atoms with Crippen LogP contribution in [0.1, 0.15) is 5.56 Å². The van der Waals surface area contributed by atoms with Crippen LogP contribution in [-0.2, 0) is 0 Å². The van der Waals surface area contributed by atoms with Crippen LogP contribution in [0, 0.1) is 14.9 Å². The number of thiocarbonyl (C=S) groups is 1. The SMILES string of the molecule is O=[N+]([O-])c1ccccc1C=Nn1cnn(C(=S)Nc2ccc(Br)cc2)c1=S. The van der Waals surface area contributed by atoms with Gasteiger partial charge in [-0.1, -0.05) is 28.1 Å². The van der Waals surface area contributed by atoms with E-state index in [2.05, 4.69) is 31.4 Å². The van der Waals surface area contributed by atoms with Crippen LogP contribution in [0.3, 0.4) is 0 Å². The van der Waals surface area contributed by atoms with Crippen molar-refractivity contribution in [2.45, 2.75) is 0 Å². The lowest BCUT2D eigenvalue weighted by atomic mass is 10.2. The summed E-state index contributed by atoms with van der Waals surface area (Å²) in [6, 6.07) is 13.7. The van der Waals surface area contributed by atoms with Gasteiger partial charge < -0.3 is 5.32 Å². The molecule has 2 aromatic carbocycles. The molecule has 0 spiro atoms. The van der Waals surface area contributed by atoms with Crippen molar-refractivity contribution < 1.29 is 4.92 Å². The number of anilines is 1. The second-order valence-corrected chi connectivity index (χ2v) is 6.83. The molecule has 0 fully saturated rings. The van der Waals surface area contributed by atoms with Crippen LogP contribution in [0.5, 0.6) is 0 Å². The Morgan fingerprint density at radius 3 is 2.67 bits per heavy atom. The molecule has 0 aliphatic heterocycles. The van der Waals surface area contributed by atoms with Crippen LogP contribution in [0.4, 0.5) is 11.4 Å². The lowest BCUT2D eigenvalue weighted by Gasteiger charge is -2.07. The molecule has 0 radical (unpaired) electrons. The van der Waals surface area contributed by atoms with E-state index in [4.69, 9.17) is 24.4 Å². The molecule has 0 bridgehead atoms. The minimum atomic E-state index is -0.471. The molecular formula is C16H11BrN6O2S2. The monoisotopic (exact) mass is 462 g/mol. The van der Waals surface area contributed by atoms with Gasteiger partial charge in [-0.15, -0.1) is 0 Å². The first kappa shape index (κ1) is 19.0. The van der Waals surface area contributed by atoms with E-state index in [1.54, 1.807) is 18.2 Å². The van der Waals surface area contributed by atoms with E-state index in [1.807, 2.05) is 24.3 Å². The zero-order valence-corrected chi connectivity index (χ0v) is 16.7. The zero-order chi connectivity index (χ0) is 19.4. The summed E-state index contributed by atoms with van der Waals surface area (Å²) in [4.78, 5) is 10.6. The Kier molecular flexibility index (Phi) is 5.84. The van der Waals surface area contributed by atoms with Crippen molar-refractivity contribution in [3.05, 3.63) is 79.8 Å². The quantitative estimate of drug-likeness (QED) is 0.270. The van der Waals surface area contributed by atoms with Gasteiger partial charge >= 0.3 is 0 Å². The van der Waals surface area contributed by atoms with Gasteiger partial charge in [0.05, 0.1) is 16.7 Å². The number of hydrogen-bond acceptors (Lipinski definition) is 6. The van der Waals surface area contributed by atoms with Gasteiger partial charge in [0.1, 0.15) is 6.33 Å². The van der Waals surface area contributed by atoms with Gasteiger partial charge in [0.25, 0.3) is 5.69 Å². The topological polar surface area (TPSA) is 90.3 Å². The highest BCUT2D eigenvalue weighted by molar-refractivity contribution is 9.10. The van der Waals surface area contributed by atoms with Crippen LogP contribution >= 0.6 is 40.4 Å². The molecule has 0 saturated carbocycles. The molecule has 3 rings (SSSR count). The molecule has 1 N–H and O–H groups in total. The van der Waals surface area contributed by atoms with Crippen molar-refractivity contribution >= 4 is 63.1 Å². The summed E-state index contributed by atoms with van der Waals surface area (Å²) >= 11 is 14.0. The Hall–Kier alpha value is -2.76. The summed E-state index contributed by atoms with van der Waals surface area (Å²) in [6.45, 7) is 0. The van der Waals surface area contributed by atoms with Crippen LogP contribution in [0.15, 0.2) is 64.4 Å². The number of nitro benzene ring substituents is 1. The summed E-state index contributed by atoms with van der Waals surface area (Å²) in [7, 11) is 0. The fraction of sp³-hybridized carbons (Fsp3) is 0. The molecule has 27 heavy (non-hydrogen) atoms. The Bertz CT molecular complexity index is 1090. The Morgan fingerprint density at radius 1 is 1.26 bits per heavy atom. The smallest absolute Gasteiger partial charge is 0.278 e. The molecule has 0 atom stereocenters. The van der Waals surface area contributed by atoms with Crippen molar-refractivity contribution in [3.8, 4) is 0 Å². The van der Waals surface area contributed by atoms with E-state index in [-0.39, 0.29) is 15.6 Å². The largest absolute Gasteiger partial charge is 0.331 e. The third-order valence-corrected chi connectivity index (χ3v) is 4.56. The summed E-state index contributed by atoms with van der Waals surface area (Å²) in [5.41, 5.74) is 1.09. The predicted molar refractivity (Wildman–Crippen MR) is 113 cm³/mol. The van der Waals surface area contributed by atoms with Gasteiger partial charge in [-0.05, 0) is 54.8 Å². The molecule has 11 heteroatoms. The highest BCUT2D eigenvalue weighted by Gasteiger charge is 2.11. The maximum atomic E-state index is 11.1. The average molecular weight is 463 g/mol. The Morgan fingerprint density at radius 2 is 1.96 bits per heavy atom. The first-order chi connectivity index (χ1) is 13.0. The highest BCUT2D eigenvalue weighted by Crippen LogP contribution is 2.16. The number of aromatic nitrogens is 3. The summed E-state index contributed by atoms with van der Waals surface area (Å²) in [6.07, 6.45) is 2.73. The van der Waals surface area contributed by atoms with Crippen LogP contribution in [0.2, 0.25) is 0 Å². The van der Waals surface area contributed by atoms with Crippen molar-refractivity contribution in [2.75, 3.05) is 5.32 Å². The highest BCUT2D eigenvalue weighted by atomic mass is 79.9. The van der Waals surface area contributed by atoms with Crippen LogP contribution in [-0.4, -0.2) is 30.7 Å². The van der Waals surface area contributed by atoms with Crippen molar-refractivity contribution in [1.29, 1.82) is 0 Å². The number of halogens is 1. The second kappa shape index (κ2) is 8.29. The number of para-hydroxylation sites is 1. The fourth-order valence-corrected chi connectivity index (χ4v) is 2.92. The van der Waals surface area contributed by atoms with Gasteiger partial charge in [-0.3, -0.25) is 10.1 Å². The fourth-order valence-electron chi connectivity index (χ4n) is 2.11. The number of rotatable bonds is 4.